The van der Waals surface area contributed by atoms with Crippen LogP contribution in [0, 0.1) is 0 Å². The number of hydrogen-bond acceptors (Lipinski definition) is 5. The molecule has 2 unspecified atom stereocenters. The first-order valence-electron chi connectivity index (χ1n) is 5.38. The minimum absolute atomic E-state index is 0.0575. The second-order valence-electron chi connectivity index (χ2n) is 3.64. The number of carbonyl (C=O) groups is 1. The molecule has 1 aliphatic rings. The highest BCUT2D eigenvalue weighted by Gasteiger charge is 2.21. The van der Waals surface area contributed by atoms with Crippen LogP contribution in [0.5, 0.6) is 0 Å². The summed E-state index contributed by atoms with van der Waals surface area (Å²) >= 11 is 0. The SMILES string of the molecule is COCC(CNC(=O)C1COCCN1)OC. The van der Waals surface area contributed by atoms with Crippen LogP contribution in [0.4, 0.5) is 0 Å². The van der Waals surface area contributed by atoms with E-state index in [0.717, 1.165) is 0 Å². The van der Waals surface area contributed by atoms with Gasteiger partial charge in [-0.2, -0.15) is 0 Å². The lowest BCUT2D eigenvalue weighted by atomic mass is 10.2. The highest BCUT2D eigenvalue weighted by atomic mass is 16.5. The molecule has 1 aliphatic heterocycles. The molecule has 1 heterocycles. The Hall–Kier alpha value is -0.690. The molecule has 0 aromatic heterocycles. The van der Waals surface area contributed by atoms with E-state index in [1.807, 2.05) is 0 Å². The Bertz CT molecular complexity index is 207. The van der Waals surface area contributed by atoms with Crippen LogP contribution in [0.3, 0.4) is 0 Å². The Morgan fingerprint density at radius 3 is 3.00 bits per heavy atom. The summed E-state index contributed by atoms with van der Waals surface area (Å²) in [5, 5.41) is 5.89. The molecular weight excluding hydrogens is 212 g/mol. The van der Waals surface area contributed by atoms with E-state index in [1.165, 1.54) is 0 Å². The Morgan fingerprint density at radius 1 is 1.62 bits per heavy atom. The summed E-state index contributed by atoms with van der Waals surface area (Å²) in [6, 6.07) is -0.256. The van der Waals surface area contributed by atoms with Gasteiger partial charge in [-0.05, 0) is 0 Å². The number of nitrogens with one attached hydrogen (secondary N) is 2. The zero-order valence-electron chi connectivity index (χ0n) is 9.82. The normalized spacial score (nSPS) is 22.8. The predicted molar refractivity (Wildman–Crippen MR) is 58.3 cm³/mol. The van der Waals surface area contributed by atoms with Crippen molar-refractivity contribution < 1.29 is 19.0 Å². The maximum atomic E-state index is 11.7. The lowest BCUT2D eigenvalue weighted by Crippen LogP contribution is -2.52. The quantitative estimate of drug-likeness (QED) is 0.599. The van der Waals surface area contributed by atoms with Crippen LogP contribution in [0.25, 0.3) is 0 Å². The van der Waals surface area contributed by atoms with Crippen molar-refractivity contribution in [2.45, 2.75) is 12.1 Å². The van der Waals surface area contributed by atoms with Crippen LogP contribution in [-0.4, -0.2) is 65.2 Å². The number of hydrogen-bond donors (Lipinski definition) is 2. The van der Waals surface area contributed by atoms with Crippen molar-refractivity contribution in [1.29, 1.82) is 0 Å². The van der Waals surface area contributed by atoms with Crippen LogP contribution in [0.2, 0.25) is 0 Å². The van der Waals surface area contributed by atoms with Crippen LogP contribution in [-0.2, 0) is 19.0 Å². The average Bonchev–Trinajstić information content (AvgIpc) is 2.35. The summed E-state index contributed by atoms with van der Waals surface area (Å²) in [4.78, 5) is 11.7. The number of amides is 1. The van der Waals surface area contributed by atoms with Crippen molar-refractivity contribution in [2.24, 2.45) is 0 Å². The van der Waals surface area contributed by atoms with E-state index in [-0.39, 0.29) is 18.1 Å². The molecule has 0 aromatic rings. The van der Waals surface area contributed by atoms with Crippen LogP contribution in [0.1, 0.15) is 0 Å². The summed E-state index contributed by atoms with van der Waals surface area (Å²) in [5.41, 5.74) is 0. The Labute approximate surface area is 95.6 Å². The molecule has 1 saturated heterocycles. The predicted octanol–water partition coefficient (Wildman–Crippen LogP) is -1.25. The molecule has 16 heavy (non-hydrogen) atoms. The highest BCUT2D eigenvalue weighted by molar-refractivity contribution is 5.82. The molecule has 6 nitrogen and oxygen atoms in total. The van der Waals surface area contributed by atoms with Crippen molar-refractivity contribution in [3.8, 4) is 0 Å². The number of methoxy groups -OCH3 is 2. The first-order chi connectivity index (χ1) is 7.77. The van der Waals surface area contributed by atoms with Crippen LogP contribution in [0.15, 0.2) is 0 Å². The third-order valence-electron chi connectivity index (χ3n) is 2.43. The molecule has 1 amide bonds. The van der Waals surface area contributed by atoms with E-state index in [9.17, 15) is 4.79 Å². The summed E-state index contributed by atoms with van der Waals surface area (Å²) in [6.45, 7) is 2.71. The van der Waals surface area contributed by atoms with Gasteiger partial charge in [-0.1, -0.05) is 0 Å². The summed E-state index contributed by atoms with van der Waals surface area (Å²) < 4.78 is 15.3. The number of ether oxygens (including phenoxy) is 3. The molecule has 2 atom stereocenters. The fraction of sp³-hybridized carbons (Fsp3) is 0.900. The zero-order valence-corrected chi connectivity index (χ0v) is 9.82. The van der Waals surface area contributed by atoms with E-state index in [0.29, 0.717) is 32.9 Å². The first kappa shape index (κ1) is 13.4. The van der Waals surface area contributed by atoms with E-state index >= 15 is 0 Å². The molecule has 94 valence electrons. The molecule has 6 heteroatoms. The molecule has 1 rings (SSSR count). The molecule has 1 fully saturated rings. The highest BCUT2D eigenvalue weighted by Crippen LogP contribution is 1.94. The van der Waals surface area contributed by atoms with E-state index in [4.69, 9.17) is 14.2 Å². The lowest BCUT2D eigenvalue weighted by molar-refractivity contribution is -0.126. The van der Waals surface area contributed by atoms with E-state index in [2.05, 4.69) is 10.6 Å². The van der Waals surface area contributed by atoms with Gasteiger partial charge in [-0.25, -0.2) is 0 Å². The summed E-state index contributed by atoms with van der Waals surface area (Å²) in [7, 11) is 3.20. The lowest BCUT2D eigenvalue weighted by Gasteiger charge is -2.24. The standard InChI is InChI=1S/C10H20N2O4/c1-14-6-8(15-2)5-12-10(13)9-7-16-4-3-11-9/h8-9,11H,3-7H2,1-2H3,(H,12,13). The third kappa shape index (κ3) is 4.44. The smallest absolute Gasteiger partial charge is 0.239 e. The van der Waals surface area contributed by atoms with Crippen molar-refractivity contribution in [3.63, 3.8) is 0 Å². The number of morpholine rings is 1. The molecule has 0 aromatic carbocycles. The van der Waals surface area contributed by atoms with Gasteiger partial charge in [0.05, 0.1) is 25.9 Å². The average molecular weight is 232 g/mol. The van der Waals surface area contributed by atoms with Crippen molar-refractivity contribution in [2.75, 3.05) is 47.1 Å². The third-order valence-corrected chi connectivity index (χ3v) is 2.43. The van der Waals surface area contributed by atoms with Gasteiger partial charge >= 0.3 is 0 Å². The molecule has 2 N–H and O–H groups in total. The minimum Gasteiger partial charge on any atom is -0.382 e. The van der Waals surface area contributed by atoms with Gasteiger partial charge in [-0.15, -0.1) is 0 Å². The van der Waals surface area contributed by atoms with Gasteiger partial charge in [0.25, 0.3) is 0 Å². The van der Waals surface area contributed by atoms with Gasteiger partial charge < -0.3 is 24.8 Å². The van der Waals surface area contributed by atoms with Gasteiger partial charge in [0.1, 0.15) is 6.04 Å². The largest absolute Gasteiger partial charge is 0.382 e. The Morgan fingerprint density at radius 2 is 2.44 bits per heavy atom. The molecule has 0 saturated carbocycles. The van der Waals surface area contributed by atoms with Crippen molar-refractivity contribution in [3.05, 3.63) is 0 Å². The summed E-state index contributed by atoms with van der Waals surface area (Å²) in [5.74, 6) is -0.0575. The minimum atomic E-state index is -0.256. The Kier molecular flexibility index (Phi) is 6.32. The maximum Gasteiger partial charge on any atom is 0.239 e. The Balaban J connectivity index is 2.22. The van der Waals surface area contributed by atoms with Crippen LogP contribution < -0.4 is 10.6 Å². The second kappa shape index (κ2) is 7.56. The topological polar surface area (TPSA) is 68.8 Å². The second-order valence-corrected chi connectivity index (χ2v) is 3.64. The molecule has 0 aliphatic carbocycles. The van der Waals surface area contributed by atoms with Gasteiger partial charge in [0.2, 0.25) is 5.91 Å². The van der Waals surface area contributed by atoms with Crippen molar-refractivity contribution in [1.82, 2.24) is 10.6 Å². The van der Waals surface area contributed by atoms with Gasteiger partial charge in [0.15, 0.2) is 0 Å². The molecule has 0 radical (unpaired) electrons. The number of carbonyl (C=O) groups excluding carboxylic acids is 1. The molecule has 0 bridgehead atoms. The monoisotopic (exact) mass is 232 g/mol. The first-order valence-corrected chi connectivity index (χ1v) is 5.38. The van der Waals surface area contributed by atoms with E-state index < -0.39 is 0 Å². The van der Waals surface area contributed by atoms with Gasteiger partial charge in [-0.3, -0.25) is 4.79 Å². The van der Waals surface area contributed by atoms with Crippen molar-refractivity contribution >= 4 is 5.91 Å². The van der Waals surface area contributed by atoms with Gasteiger partial charge in [0, 0.05) is 27.3 Å². The molecule has 0 spiro atoms. The number of rotatable bonds is 6. The summed E-state index contributed by atoms with van der Waals surface area (Å²) in [6.07, 6.45) is -0.113. The maximum absolute atomic E-state index is 11.7. The molecular formula is C10H20N2O4. The fourth-order valence-electron chi connectivity index (χ4n) is 1.47. The van der Waals surface area contributed by atoms with Crippen LogP contribution >= 0.6 is 0 Å². The zero-order chi connectivity index (χ0) is 11.8. The fourth-order valence-corrected chi connectivity index (χ4v) is 1.47. The van der Waals surface area contributed by atoms with E-state index in [1.54, 1.807) is 14.2 Å².